The Morgan fingerprint density at radius 1 is 1.64 bits per heavy atom. The molecule has 0 atom stereocenters. The van der Waals surface area contributed by atoms with Crippen LogP contribution in [0.15, 0.2) is 6.07 Å². The molecule has 0 bridgehead atoms. The van der Waals surface area contributed by atoms with E-state index in [1.165, 1.54) is 6.92 Å². The number of rotatable bonds is 2. The monoisotopic (exact) mass is 202 g/mol. The second-order valence-corrected chi connectivity index (χ2v) is 2.70. The number of carbonyl (C=O) groups is 1. The van der Waals surface area contributed by atoms with E-state index in [4.69, 9.17) is 5.73 Å². The Labute approximate surface area is 78.4 Å². The molecular formula is C8H8F2N2O2. The number of carbonyl (C=O) groups excluding carboxylic acids is 1. The minimum atomic E-state index is -2.87. The van der Waals surface area contributed by atoms with Crippen molar-refractivity contribution in [3.05, 3.63) is 23.0 Å². The van der Waals surface area contributed by atoms with Gasteiger partial charge in [0.15, 0.2) is 0 Å². The lowest BCUT2D eigenvalue weighted by molar-refractivity contribution is 0.0994. The molecule has 1 heterocycles. The van der Waals surface area contributed by atoms with Crippen LogP contribution in [-0.4, -0.2) is 16.0 Å². The predicted octanol–water partition coefficient (Wildman–Crippen LogP) is 1.13. The molecule has 0 unspecified atom stereocenters. The third-order valence-electron chi connectivity index (χ3n) is 1.68. The number of hydrogen-bond acceptors (Lipinski definition) is 3. The molecule has 0 saturated heterocycles. The second-order valence-electron chi connectivity index (χ2n) is 2.70. The number of nitrogens with zero attached hydrogens (tertiary/aromatic N) is 1. The number of aromatic nitrogens is 1. The van der Waals surface area contributed by atoms with Crippen LogP contribution in [0, 0.1) is 6.92 Å². The molecule has 14 heavy (non-hydrogen) atoms. The summed E-state index contributed by atoms with van der Waals surface area (Å²) in [6.45, 7) is 1.31. The minimum Gasteiger partial charge on any atom is -0.506 e. The number of aromatic hydroxyl groups is 1. The van der Waals surface area contributed by atoms with E-state index in [0.29, 0.717) is 0 Å². The third-order valence-corrected chi connectivity index (χ3v) is 1.68. The summed E-state index contributed by atoms with van der Waals surface area (Å²) in [5.74, 6) is -1.51. The fourth-order valence-corrected chi connectivity index (χ4v) is 0.983. The normalized spacial score (nSPS) is 10.6. The largest absolute Gasteiger partial charge is 0.506 e. The molecule has 0 radical (unpaired) electrons. The van der Waals surface area contributed by atoms with E-state index in [1.807, 2.05) is 0 Å². The fraction of sp³-hybridized carbons (Fsp3) is 0.250. The van der Waals surface area contributed by atoms with Crippen molar-refractivity contribution in [1.29, 1.82) is 0 Å². The van der Waals surface area contributed by atoms with Crippen molar-refractivity contribution >= 4 is 5.91 Å². The van der Waals surface area contributed by atoms with Gasteiger partial charge in [-0.3, -0.25) is 4.79 Å². The molecular weight excluding hydrogens is 194 g/mol. The molecule has 0 aliphatic rings. The first-order valence-corrected chi connectivity index (χ1v) is 3.72. The van der Waals surface area contributed by atoms with E-state index in [2.05, 4.69) is 4.98 Å². The number of hydrogen-bond donors (Lipinski definition) is 2. The summed E-state index contributed by atoms with van der Waals surface area (Å²) < 4.78 is 24.6. The Hall–Kier alpha value is -1.72. The van der Waals surface area contributed by atoms with Gasteiger partial charge in [0.25, 0.3) is 12.3 Å². The van der Waals surface area contributed by atoms with Crippen LogP contribution < -0.4 is 5.73 Å². The van der Waals surface area contributed by atoms with E-state index >= 15 is 0 Å². The Bertz CT molecular complexity index is 380. The summed E-state index contributed by atoms with van der Waals surface area (Å²) in [4.78, 5) is 14.2. The number of primary amides is 1. The quantitative estimate of drug-likeness (QED) is 0.754. The summed E-state index contributed by atoms with van der Waals surface area (Å²) >= 11 is 0. The van der Waals surface area contributed by atoms with Crippen LogP contribution in [0.3, 0.4) is 0 Å². The van der Waals surface area contributed by atoms with Gasteiger partial charge in [0.05, 0.1) is 11.3 Å². The Kier molecular flexibility index (Phi) is 2.64. The fourth-order valence-electron chi connectivity index (χ4n) is 0.983. The molecule has 0 spiro atoms. The van der Waals surface area contributed by atoms with Gasteiger partial charge in [-0.25, -0.2) is 13.8 Å². The van der Waals surface area contributed by atoms with Crippen molar-refractivity contribution in [3.8, 4) is 5.75 Å². The lowest BCUT2D eigenvalue weighted by Crippen LogP contribution is -2.14. The third kappa shape index (κ3) is 1.78. The molecule has 1 amide bonds. The number of nitrogens with two attached hydrogens (primary N) is 1. The summed E-state index contributed by atoms with van der Waals surface area (Å²) in [7, 11) is 0. The van der Waals surface area contributed by atoms with Crippen LogP contribution in [0.5, 0.6) is 5.75 Å². The zero-order valence-corrected chi connectivity index (χ0v) is 7.29. The topological polar surface area (TPSA) is 76.2 Å². The maximum atomic E-state index is 12.3. The van der Waals surface area contributed by atoms with Crippen LogP contribution >= 0.6 is 0 Å². The highest BCUT2D eigenvalue weighted by Crippen LogP contribution is 2.30. The molecule has 0 saturated carbocycles. The highest BCUT2D eigenvalue weighted by Gasteiger charge is 2.18. The molecule has 0 aliphatic heterocycles. The smallest absolute Gasteiger partial charge is 0.267 e. The molecule has 1 aromatic rings. The average molecular weight is 202 g/mol. The SMILES string of the molecule is Cc1nc(C(N)=O)cc(C(F)F)c1O. The molecule has 3 N–H and O–H groups in total. The number of halogens is 2. The van der Waals surface area contributed by atoms with Crippen molar-refractivity contribution in [2.75, 3.05) is 0 Å². The van der Waals surface area contributed by atoms with Crippen LogP contribution in [-0.2, 0) is 0 Å². The number of amides is 1. The zero-order valence-electron chi connectivity index (χ0n) is 7.29. The van der Waals surface area contributed by atoms with Gasteiger partial charge in [-0.15, -0.1) is 0 Å². The van der Waals surface area contributed by atoms with E-state index in [9.17, 15) is 18.7 Å². The van der Waals surface area contributed by atoms with Gasteiger partial charge in [0.1, 0.15) is 11.4 Å². The highest BCUT2D eigenvalue weighted by molar-refractivity contribution is 5.91. The Morgan fingerprint density at radius 3 is 2.64 bits per heavy atom. The molecule has 6 heteroatoms. The first-order chi connectivity index (χ1) is 6.43. The summed E-state index contributed by atoms with van der Waals surface area (Å²) in [6, 6.07) is 0.787. The molecule has 4 nitrogen and oxygen atoms in total. The van der Waals surface area contributed by atoms with Crippen LogP contribution in [0.4, 0.5) is 8.78 Å². The van der Waals surface area contributed by atoms with Crippen LogP contribution in [0.25, 0.3) is 0 Å². The molecule has 1 rings (SSSR count). The average Bonchev–Trinajstić information content (AvgIpc) is 2.08. The van der Waals surface area contributed by atoms with Crippen molar-refractivity contribution < 1.29 is 18.7 Å². The maximum absolute atomic E-state index is 12.3. The van der Waals surface area contributed by atoms with Gasteiger partial charge in [-0.1, -0.05) is 0 Å². The highest BCUT2D eigenvalue weighted by atomic mass is 19.3. The predicted molar refractivity (Wildman–Crippen MR) is 44.1 cm³/mol. The van der Waals surface area contributed by atoms with Crippen molar-refractivity contribution in [1.82, 2.24) is 4.98 Å². The molecule has 0 fully saturated rings. The second kappa shape index (κ2) is 3.57. The summed E-state index contributed by atoms with van der Waals surface area (Å²) in [5.41, 5.74) is 3.91. The van der Waals surface area contributed by atoms with Gasteiger partial charge in [0.2, 0.25) is 0 Å². The van der Waals surface area contributed by atoms with Gasteiger partial charge >= 0.3 is 0 Å². The van der Waals surface area contributed by atoms with E-state index in [0.717, 1.165) is 6.07 Å². The zero-order chi connectivity index (χ0) is 10.9. The molecule has 1 aromatic heterocycles. The van der Waals surface area contributed by atoms with Gasteiger partial charge in [-0.2, -0.15) is 0 Å². The molecule has 76 valence electrons. The van der Waals surface area contributed by atoms with Crippen LogP contribution in [0.2, 0.25) is 0 Å². The maximum Gasteiger partial charge on any atom is 0.267 e. The van der Waals surface area contributed by atoms with Crippen molar-refractivity contribution in [3.63, 3.8) is 0 Å². The lowest BCUT2D eigenvalue weighted by Gasteiger charge is -2.07. The van der Waals surface area contributed by atoms with Gasteiger partial charge in [-0.05, 0) is 13.0 Å². The van der Waals surface area contributed by atoms with Gasteiger partial charge in [0, 0.05) is 0 Å². The van der Waals surface area contributed by atoms with E-state index < -0.39 is 23.6 Å². The molecule has 0 aliphatic carbocycles. The number of alkyl halides is 2. The van der Waals surface area contributed by atoms with Gasteiger partial charge < -0.3 is 10.8 Å². The lowest BCUT2D eigenvalue weighted by atomic mass is 10.1. The summed E-state index contributed by atoms with van der Waals surface area (Å²) in [6.07, 6.45) is -2.87. The number of pyridine rings is 1. The Balaban J connectivity index is 3.35. The van der Waals surface area contributed by atoms with E-state index in [1.54, 1.807) is 0 Å². The van der Waals surface area contributed by atoms with Crippen molar-refractivity contribution in [2.45, 2.75) is 13.3 Å². The molecule has 0 aromatic carbocycles. The summed E-state index contributed by atoms with van der Waals surface area (Å²) in [5, 5.41) is 9.18. The van der Waals surface area contributed by atoms with Crippen LogP contribution in [0.1, 0.15) is 28.2 Å². The first kappa shape index (κ1) is 10.4. The Morgan fingerprint density at radius 2 is 2.21 bits per heavy atom. The standard InChI is InChI=1S/C8H8F2N2O2/c1-3-6(13)4(7(9)10)2-5(12-3)8(11)14/h2,7,13H,1H3,(H2,11,14). The number of aryl methyl sites for hydroxylation is 1. The van der Waals surface area contributed by atoms with E-state index in [-0.39, 0.29) is 11.4 Å². The van der Waals surface area contributed by atoms with Crippen molar-refractivity contribution in [2.24, 2.45) is 5.73 Å². The minimum absolute atomic E-state index is 0.0448. The first-order valence-electron chi connectivity index (χ1n) is 3.72.